The highest BCUT2D eigenvalue weighted by atomic mass is 16.5. The first-order chi connectivity index (χ1) is 12.8. The Hall–Kier alpha value is -1.90. The van der Waals surface area contributed by atoms with Crippen LogP contribution in [-0.2, 0) is 6.42 Å². The maximum absolute atomic E-state index is 5.63. The van der Waals surface area contributed by atoms with Crippen molar-refractivity contribution < 1.29 is 4.74 Å². The summed E-state index contributed by atoms with van der Waals surface area (Å²) in [6, 6.07) is 12.4. The molecule has 1 aliphatic rings. The van der Waals surface area contributed by atoms with E-state index >= 15 is 0 Å². The van der Waals surface area contributed by atoms with E-state index in [-0.39, 0.29) is 0 Å². The van der Waals surface area contributed by atoms with Gasteiger partial charge in [-0.1, -0.05) is 46.0 Å². The highest BCUT2D eigenvalue weighted by molar-refractivity contribution is 5.59. The highest BCUT2D eigenvalue weighted by Gasteiger charge is 2.19. The molecule has 0 amide bonds. The van der Waals surface area contributed by atoms with Crippen molar-refractivity contribution in [2.24, 2.45) is 11.8 Å². The zero-order chi connectivity index (χ0) is 18.2. The second-order valence-electron chi connectivity index (χ2n) is 7.62. The predicted molar refractivity (Wildman–Crippen MR) is 107 cm³/mol. The lowest BCUT2D eigenvalue weighted by Crippen LogP contribution is -2.14. The third-order valence-corrected chi connectivity index (χ3v) is 5.70. The zero-order valence-corrected chi connectivity index (χ0v) is 16.3. The molecule has 0 aliphatic heterocycles. The summed E-state index contributed by atoms with van der Waals surface area (Å²) in [4.78, 5) is 0. The lowest BCUT2D eigenvalue weighted by Gasteiger charge is -2.27. The first kappa shape index (κ1) is 18.9. The van der Waals surface area contributed by atoms with Gasteiger partial charge in [-0.25, -0.2) is 0 Å². The molecule has 0 N–H and O–H groups in total. The lowest BCUT2D eigenvalue weighted by molar-refractivity contribution is 0.258. The Labute approximate surface area is 158 Å². The smallest absolute Gasteiger partial charge is 0.119 e. The molecule has 1 aromatic carbocycles. The largest absolute Gasteiger partial charge is 0.494 e. The summed E-state index contributed by atoms with van der Waals surface area (Å²) < 4.78 is 5.63. The second-order valence-corrected chi connectivity index (χ2v) is 7.62. The minimum absolute atomic E-state index is 0.758. The van der Waals surface area contributed by atoms with Gasteiger partial charge >= 0.3 is 0 Å². The Bertz CT molecular complexity index is 643. The molecular formula is C23H32N2O. The zero-order valence-electron chi connectivity index (χ0n) is 16.3. The van der Waals surface area contributed by atoms with Crippen molar-refractivity contribution in [3.05, 3.63) is 42.1 Å². The van der Waals surface area contributed by atoms with Crippen LogP contribution in [0.2, 0.25) is 0 Å². The van der Waals surface area contributed by atoms with E-state index in [1.807, 2.05) is 12.1 Å². The van der Waals surface area contributed by atoms with Crippen molar-refractivity contribution in [3.8, 4) is 17.0 Å². The summed E-state index contributed by atoms with van der Waals surface area (Å²) in [5, 5.41) is 8.90. The maximum atomic E-state index is 5.63. The molecule has 1 fully saturated rings. The summed E-state index contributed by atoms with van der Waals surface area (Å²) in [6.45, 7) is 5.20. The first-order valence-corrected chi connectivity index (χ1v) is 10.3. The van der Waals surface area contributed by atoms with Gasteiger partial charge in [0.25, 0.3) is 0 Å². The van der Waals surface area contributed by atoms with Crippen LogP contribution < -0.4 is 4.74 Å². The van der Waals surface area contributed by atoms with Crippen LogP contribution in [-0.4, -0.2) is 16.8 Å². The number of ether oxygens (including phenoxy) is 1. The van der Waals surface area contributed by atoms with Crippen molar-refractivity contribution in [2.45, 2.75) is 65.2 Å². The Morgan fingerprint density at radius 2 is 1.62 bits per heavy atom. The third kappa shape index (κ3) is 5.30. The fourth-order valence-corrected chi connectivity index (χ4v) is 3.87. The van der Waals surface area contributed by atoms with Gasteiger partial charge in [0.1, 0.15) is 5.75 Å². The molecule has 140 valence electrons. The van der Waals surface area contributed by atoms with Crippen LogP contribution in [0.1, 0.15) is 64.5 Å². The van der Waals surface area contributed by atoms with Crippen LogP contribution in [0.3, 0.4) is 0 Å². The van der Waals surface area contributed by atoms with E-state index in [0.29, 0.717) is 0 Å². The minimum atomic E-state index is 0.758. The lowest BCUT2D eigenvalue weighted by atomic mass is 9.79. The monoisotopic (exact) mass is 352 g/mol. The Balaban J connectivity index is 1.50. The summed E-state index contributed by atoms with van der Waals surface area (Å²) in [5.74, 6) is 2.78. The normalized spacial score (nSPS) is 20.1. The second kappa shape index (κ2) is 9.70. The van der Waals surface area contributed by atoms with Crippen molar-refractivity contribution in [3.63, 3.8) is 0 Å². The molecule has 3 heteroatoms. The van der Waals surface area contributed by atoms with Crippen molar-refractivity contribution in [1.82, 2.24) is 10.2 Å². The molecule has 1 heterocycles. The van der Waals surface area contributed by atoms with Gasteiger partial charge in [0.2, 0.25) is 0 Å². The molecule has 0 saturated heterocycles. The third-order valence-electron chi connectivity index (χ3n) is 5.70. The fourth-order valence-electron chi connectivity index (χ4n) is 3.87. The van der Waals surface area contributed by atoms with Crippen molar-refractivity contribution in [1.29, 1.82) is 0 Å². The van der Waals surface area contributed by atoms with Gasteiger partial charge in [-0.2, -0.15) is 10.2 Å². The summed E-state index contributed by atoms with van der Waals surface area (Å²) in [6.07, 6.45) is 10.3. The summed E-state index contributed by atoms with van der Waals surface area (Å²) in [5.41, 5.74) is 3.14. The molecule has 0 radical (unpaired) electrons. The van der Waals surface area contributed by atoms with E-state index in [9.17, 15) is 0 Å². The quantitative estimate of drug-likeness (QED) is 0.577. The molecule has 0 bridgehead atoms. The van der Waals surface area contributed by atoms with Crippen LogP contribution >= 0.6 is 0 Å². The molecule has 3 nitrogen and oxygen atoms in total. The van der Waals surface area contributed by atoms with Gasteiger partial charge < -0.3 is 4.74 Å². The number of benzene rings is 1. The van der Waals surface area contributed by atoms with E-state index in [0.717, 1.165) is 54.0 Å². The molecule has 1 aromatic heterocycles. The fraction of sp³-hybridized carbons (Fsp3) is 0.565. The van der Waals surface area contributed by atoms with Crippen LogP contribution in [0, 0.1) is 11.8 Å². The topological polar surface area (TPSA) is 35.0 Å². The SMILES string of the molecule is CCCOc1ccc(-c2ccc(CCC3CCC(CC)CC3)nn2)cc1. The Morgan fingerprint density at radius 1 is 0.885 bits per heavy atom. The van der Waals surface area contributed by atoms with Gasteiger partial charge in [0.05, 0.1) is 18.0 Å². The molecule has 0 atom stereocenters. The van der Waals surface area contributed by atoms with Crippen LogP contribution in [0.5, 0.6) is 5.75 Å². The average Bonchev–Trinajstić information content (AvgIpc) is 2.72. The minimum Gasteiger partial charge on any atom is -0.494 e. The molecule has 1 saturated carbocycles. The number of aryl methyl sites for hydroxylation is 1. The Morgan fingerprint density at radius 3 is 2.23 bits per heavy atom. The van der Waals surface area contributed by atoms with E-state index in [1.54, 1.807) is 0 Å². The predicted octanol–water partition coefficient (Wildman–Crippen LogP) is 6.08. The summed E-state index contributed by atoms with van der Waals surface area (Å²) >= 11 is 0. The van der Waals surface area contributed by atoms with Crippen LogP contribution in [0.15, 0.2) is 36.4 Å². The van der Waals surface area contributed by atoms with Crippen molar-refractivity contribution >= 4 is 0 Å². The van der Waals surface area contributed by atoms with Crippen LogP contribution in [0.4, 0.5) is 0 Å². The molecular weight excluding hydrogens is 320 g/mol. The van der Waals surface area contributed by atoms with E-state index in [1.165, 1.54) is 38.5 Å². The highest BCUT2D eigenvalue weighted by Crippen LogP contribution is 2.33. The molecule has 0 spiro atoms. The molecule has 3 rings (SSSR count). The number of hydrogen-bond donors (Lipinski definition) is 0. The number of hydrogen-bond acceptors (Lipinski definition) is 3. The summed E-state index contributed by atoms with van der Waals surface area (Å²) in [7, 11) is 0. The average molecular weight is 353 g/mol. The van der Waals surface area contributed by atoms with E-state index in [2.05, 4.69) is 48.3 Å². The number of rotatable bonds is 8. The molecule has 1 aliphatic carbocycles. The van der Waals surface area contributed by atoms with Gasteiger partial charge in [0, 0.05) is 5.56 Å². The van der Waals surface area contributed by atoms with Crippen molar-refractivity contribution in [2.75, 3.05) is 6.61 Å². The molecule has 2 aromatic rings. The van der Waals surface area contributed by atoms with Gasteiger partial charge in [-0.3, -0.25) is 0 Å². The molecule has 0 unspecified atom stereocenters. The standard InChI is InChI=1S/C23H32N2O/c1-3-17-26-22-14-10-20(11-15-22)23-16-13-21(24-25-23)12-9-19-7-5-18(4-2)6-8-19/h10-11,13-16,18-19H,3-9,12,17H2,1-2H3. The van der Waals surface area contributed by atoms with Gasteiger partial charge in [-0.05, 0) is 67.5 Å². The number of nitrogens with zero attached hydrogens (tertiary/aromatic N) is 2. The Kier molecular flexibility index (Phi) is 7.04. The molecule has 26 heavy (non-hydrogen) atoms. The first-order valence-electron chi connectivity index (χ1n) is 10.3. The maximum Gasteiger partial charge on any atom is 0.119 e. The van der Waals surface area contributed by atoms with E-state index in [4.69, 9.17) is 4.74 Å². The van der Waals surface area contributed by atoms with Gasteiger partial charge in [-0.15, -0.1) is 0 Å². The van der Waals surface area contributed by atoms with E-state index < -0.39 is 0 Å². The number of aromatic nitrogens is 2. The van der Waals surface area contributed by atoms with Gasteiger partial charge in [0.15, 0.2) is 0 Å². The van der Waals surface area contributed by atoms with Crippen LogP contribution in [0.25, 0.3) is 11.3 Å².